The second kappa shape index (κ2) is 9.66. The largest absolute Gasteiger partial charge is 0.467 e. The first-order chi connectivity index (χ1) is 12.7. The Morgan fingerprint density at radius 3 is 2.65 bits per heavy atom. The zero-order valence-electron chi connectivity index (χ0n) is 14.7. The van der Waals surface area contributed by atoms with Gasteiger partial charge in [0.25, 0.3) is 0 Å². The number of furan rings is 1. The van der Waals surface area contributed by atoms with Crippen LogP contribution in [0.5, 0.6) is 0 Å². The molecule has 0 amide bonds. The van der Waals surface area contributed by atoms with E-state index in [0.29, 0.717) is 11.7 Å². The van der Waals surface area contributed by atoms with Gasteiger partial charge in [0.1, 0.15) is 11.6 Å². The molecule has 1 aliphatic heterocycles. The molecule has 0 aliphatic carbocycles. The number of hydrogen-bond acceptors (Lipinski definition) is 4. The fourth-order valence-corrected chi connectivity index (χ4v) is 3.16. The van der Waals surface area contributed by atoms with Gasteiger partial charge in [-0.25, -0.2) is 4.39 Å². The molecule has 2 aromatic rings. The first-order valence-electron chi connectivity index (χ1n) is 8.85. The van der Waals surface area contributed by atoms with Crippen LogP contribution in [0.15, 0.2) is 47.1 Å². The molecule has 0 spiro atoms. The van der Waals surface area contributed by atoms with E-state index >= 15 is 0 Å². The molecule has 0 unspecified atom stereocenters. The third-order valence-electron chi connectivity index (χ3n) is 4.32. The Morgan fingerprint density at radius 2 is 1.96 bits per heavy atom. The van der Waals surface area contributed by atoms with E-state index < -0.39 is 0 Å². The van der Waals surface area contributed by atoms with Crippen molar-refractivity contribution in [1.82, 2.24) is 9.80 Å². The lowest BCUT2D eigenvalue weighted by Gasteiger charge is -2.29. The van der Waals surface area contributed by atoms with Crippen LogP contribution in [0.25, 0.3) is 0 Å². The molecule has 1 aliphatic rings. The molecule has 7 heteroatoms. The van der Waals surface area contributed by atoms with Gasteiger partial charge in [0.15, 0.2) is 5.11 Å². The second-order valence-corrected chi connectivity index (χ2v) is 6.63. The summed E-state index contributed by atoms with van der Waals surface area (Å²) in [6, 6.07) is 10.0. The molecule has 2 heterocycles. The summed E-state index contributed by atoms with van der Waals surface area (Å²) in [7, 11) is 0. The van der Waals surface area contributed by atoms with Crippen molar-refractivity contribution in [2.75, 3.05) is 44.7 Å². The van der Waals surface area contributed by atoms with E-state index in [1.54, 1.807) is 18.4 Å². The number of hydrogen-bond donors (Lipinski definition) is 1. The van der Waals surface area contributed by atoms with E-state index in [2.05, 4.69) is 15.1 Å². The van der Waals surface area contributed by atoms with Crippen LogP contribution in [0.1, 0.15) is 12.2 Å². The number of nitrogens with one attached hydrogen (secondary N) is 1. The standard InChI is InChI=1S/C19H24FN3O2S/c20-16-4-6-17(7-5-16)21-19(26)23(15-18-3-1-12-25-18)9-2-8-22-10-13-24-14-11-22/h1,3-7,12H,2,8-11,13-15H2,(H,21,26). The summed E-state index contributed by atoms with van der Waals surface area (Å²) in [5.74, 6) is 0.596. The molecule has 0 radical (unpaired) electrons. The highest BCUT2D eigenvalue weighted by molar-refractivity contribution is 7.80. The minimum Gasteiger partial charge on any atom is -0.467 e. The van der Waals surface area contributed by atoms with Crippen LogP contribution < -0.4 is 5.32 Å². The summed E-state index contributed by atoms with van der Waals surface area (Å²) in [6.45, 7) is 6.00. The minimum atomic E-state index is -0.264. The first-order valence-corrected chi connectivity index (χ1v) is 9.25. The Kier molecular flexibility index (Phi) is 6.99. The number of morpholine rings is 1. The van der Waals surface area contributed by atoms with Crippen molar-refractivity contribution in [3.8, 4) is 0 Å². The monoisotopic (exact) mass is 377 g/mol. The predicted molar refractivity (Wildman–Crippen MR) is 104 cm³/mol. The van der Waals surface area contributed by atoms with E-state index in [4.69, 9.17) is 21.4 Å². The fraction of sp³-hybridized carbons (Fsp3) is 0.421. The molecule has 26 heavy (non-hydrogen) atoms. The van der Waals surface area contributed by atoms with Crippen molar-refractivity contribution in [2.45, 2.75) is 13.0 Å². The van der Waals surface area contributed by atoms with Crippen LogP contribution in [0.4, 0.5) is 10.1 Å². The Labute approximate surface area is 158 Å². The van der Waals surface area contributed by atoms with E-state index in [9.17, 15) is 4.39 Å². The molecule has 3 rings (SSSR count). The summed E-state index contributed by atoms with van der Waals surface area (Å²) in [5, 5.41) is 3.79. The smallest absolute Gasteiger partial charge is 0.173 e. The van der Waals surface area contributed by atoms with Gasteiger partial charge in [-0.05, 0) is 55.0 Å². The van der Waals surface area contributed by atoms with Gasteiger partial charge in [0, 0.05) is 31.9 Å². The molecule has 1 fully saturated rings. The van der Waals surface area contributed by atoms with Crippen molar-refractivity contribution >= 4 is 23.0 Å². The van der Waals surface area contributed by atoms with Crippen molar-refractivity contribution in [3.05, 3.63) is 54.2 Å². The molecular formula is C19H24FN3O2S. The lowest BCUT2D eigenvalue weighted by molar-refractivity contribution is 0.0367. The molecule has 0 saturated carbocycles. The maximum Gasteiger partial charge on any atom is 0.173 e. The zero-order chi connectivity index (χ0) is 18.2. The molecular weight excluding hydrogens is 353 g/mol. The summed E-state index contributed by atoms with van der Waals surface area (Å²) in [4.78, 5) is 4.49. The normalized spacial score (nSPS) is 15.0. The lowest BCUT2D eigenvalue weighted by Crippen LogP contribution is -2.39. The summed E-state index contributed by atoms with van der Waals surface area (Å²) in [6.07, 6.45) is 2.66. The van der Waals surface area contributed by atoms with Crippen LogP contribution in [0.3, 0.4) is 0 Å². The van der Waals surface area contributed by atoms with Gasteiger partial charge in [-0.15, -0.1) is 0 Å². The first kappa shape index (κ1) is 18.8. The quantitative estimate of drug-likeness (QED) is 0.747. The maximum atomic E-state index is 13.1. The molecule has 1 saturated heterocycles. The number of thiocarbonyl (C=S) groups is 1. The van der Waals surface area contributed by atoms with E-state index in [1.165, 1.54) is 12.1 Å². The summed E-state index contributed by atoms with van der Waals surface area (Å²) < 4.78 is 23.9. The Morgan fingerprint density at radius 1 is 1.19 bits per heavy atom. The average molecular weight is 377 g/mol. The fourth-order valence-electron chi connectivity index (χ4n) is 2.89. The summed E-state index contributed by atoms with van der Waals surface area (Å²) in [5.41, 5.74) is 0.772. The van der Waals surface area contributed by atoms with Crippen LogP contribution in [-0.2, 0) is 11.3 Å². The highest BCUT2D eigenvalue weighted by Crippen LogP contribution is 2.13. The van der Waals surface area contributed by atoms with Crippen LogP contribution in [0, 0.1) is 5.82 Å². The Balaban J connectivity index is 1.56. The van der Waals surface area contributed by atoms with Gasteiger partial charge in [0.05, 0.1) is 26.0 Å². The minimum absolute atomic E-state index is 0.264. The number of nitrogens with zero attached hydrogens (tertiary/aromatic N) is 2. The van der Waals surface area contributed by atoms with Crippen LogP contribution in [-0.4, -0.2) is 54.3 Å². The van der Waals surface area contributed by atoms with Gasteiger partial charge in [-0.2, -0.15) is 0 Å². The van der Waals surface area contributed by atoms with E-state index in [1.807, 2.05) is 12.1 Å². The van der Waals surface area contributed by atoms with E-state index in [-0.39, 0.29) is 5.82 Å². The molecule has 0 atom stereocenters. The highest BCUT2D eigenvalue weighted by Gasteiger charge is 2.14. The van der Waals surface area contributed by atoms with Crippen molar-refractivity contribution < 1.29 is 13.5 Å². The zero-order valence-corrected chi connectivity index (χ0v) is 15.5. The van der Waals surface area contributed by atoms with Crippen molar-refractivity contribution in [3.63, 3.8) is 0 Å². The van der Waals surface area contributed by atoms with Gasteiger partial charge in [-0.3, -0.25) is 4.90 Å². The second-order valence-electron chi connectivity index (χ2n) is 6.25. The van der Waals surface area contributed by atoms with E-state index in [0.717, 1.165) is 57.3 Å². The summed E-state index contributed by atoms with van der Waals surface area (Å²) >= 11 is 5.58. The molecule has 1 aromatic heterocycles. The van der Waals surface area contributed by atoms with Gasteiger partial charge < -0.3 is 19.4 Å². The maximum absolute atomic E-state index is 13.1. The van der Waals surface area contributed by atoms with Crippen molar-refractivity contribution in [1.29, 1.82) is 0 Å². The molecule has 5 nitrogen and oxygen atoms in total. The number of ether oxygens (including phenoxy) is 1. The van der Waals surface area contributed by atoms with Crippen LogP contribution >= 0.6 is 12.2 Å². The molecule has 1 N–H and O–H groups in total. The molecule has 0 bridgehead atoms. The molecule has 140 valence electrons. The number of benzene rings is 1. The van der Waals surface area contributed by atoms with Gasteiger partial charge in [-0.1, -0.05) is 0 Å². The van der Waals surface area contributed by atoms with Crippen LogP contribution in [0.2, 0.25) is 0 Å². The third-order valence-corrected chi connectivity index (χ3v) is 4.68. The number of rotatable bonds is 7. The number of halogens is 1. The SMILES string of the molecule is Fc1ccc(NC(=S)N(CCCN2CCOCC2)Cc2ccco2)cc1. The Hall–Kier alpha value is -1.96. The Bertz CT molecular complexity index is 673. The third kappa shape index (κ3) is 5.79. The lowest BCUT2D eigenvalue weighted by atomic mass is 10.3. The van der Waals surface area contributed by atoms with Gasteiger partial charge >= 0.3 is 0 Å². The number of anilines is 1. The highest BCUT2D eigenvalue weighted by atomic mass is 32.1. The van der Waals surface area contributed by atoms with Crippen molar-refractivity contribution in [2.24, 2.45) is 0 Å². The topological polar surface area (TPSA) is 40.9 Å². The average Bonchev–Trinajstić information content (AvgIpc) is 3.17. The molecule has 1 aromatic carbocycles. The van der Waals surface area contributed by atoms with Gasteiger partial charge in [0.2, 0.25) is 0 Å². The predicted octanol–water partition coefficient (Wildman–Crippen LogP) is 3.34.